The van der Waals surface area contributed by atoms with Gasteiger partial charge < -0.3 is 4.57 Å². The summed E-state index contributed by atoms with van der Waals surface area (Å²) in [7, 11) is 0. The summed E-state index contributed by atoms with van der Waals surface area (Å²) >= 11 is 0. The lowest BCUT2D eigenvalue weighted by Gasteiger charge is -2.08. The summed E-state index contributed by atoms with van der Waals surface area (Å²) in [6, 6.07) is 8.21. The summed E-state index contributed by atoms with van der Waals surface area (Å²) in [5.41, 5.74) is 3.22. The minimum Gasteiger partial charge on any atom is -0.329 e. The van der Waals surface area contributed by atoms with Crippen LogP contribution in [0.3, 0.4) is 0 Å². The standard InChI is InChI=1S/C14H15N3/c1-10(2)8-17-9-16-12-6-5-11-4-3-7-15-13(11)14(12)17/h3-7,9-10H,8H2,1-2H3. The van der Waals surface area contributed by atoms with Gasteiger partial charge in [-0.1, -0.05) is 26.0 Å². The second kappa shape index (κ2) is 3.84. The number of hydrogen-bond acceptors (Lipinski definition) is 2. The van der Waals surface area contributed by atoms with Crippen LogP contribution in [-0.4, -0.2) is 14.5 Å². The zero-order valence-electron chi connectivity index (χ0n) is 10.1. The van der Waals surface area contributed by atoms with Gasteiger partial charge in [0.15, 0.2) is 0 Å². The molecule has 17 heavy (non-hydrogen) atoms. The molecule has 2 aromatic heterocycles. The molecular weight excluding hydrogens is 210 g/mol. The molecule has 2 heterocycles. The van der Waals surface area contributed by atoms with Crippen LogP contribution in [0.1, 0.15) is 13.8 Å². The van der Waals surface area contributed by atoms with E-state index in [0.29, 0.717) is 5.92 Å². The van der Waals surface area contributed by atoms with Crippen molar-refractivity contribution in [2.24, 2.45) is 5.92 Å². The fourth-order valence-electron chi connectivity index (χ4n) is 2.23. The summed E-state index contributed by atoms with van der Waals surface area (Å²) < 4.78 is 2.20. The minimum atomic E-state index is 0.603. The predicted molar refractivity (Wildman–Crippen MR) is 69.9 cm³/mol. The van der Waals surface area contributed by atoms with Crippen molar-refractivity contribution in [3.05, 3.63) is 36.8 Å². The van der Waals surface area contributed by atoms with Gasteiger partial charge in [-0.2, -0.15) is 0 Å². The second-order valence-electron chi connectivity index (χ2n) is 4.80. The Morgan fingerprint density at radius 2 is 2.06 bits per heavy atom. The number of pyridine rings is 1. The molecule has 0 saturated carbocycles. The second-order valence-corrected chi connectivity index (χ2v) is 4.80. The van der Waals surface area contributed by atoms with Crippen molar-refractivity contribution in [1.82, 2.24) is 14.5 Å². The smallest absolute Gasteiger partial charge is 0.0961 e. The lowest BCUT2D eigenvalue weighted by Crippen LogP contribution is -2.03. The van der Waals surface area contributed by atoms with Crippen molar-refractivity contribution >= 4 is 21.9 Å². The number of fused-ring (bicyclic) bond motifs is 3. The highest BCUT2D eigenvalue weighted by molar-refractivity contribution is 6.01. The van der Waals surface area contributed by atoms with E-state index in [2.05, 4.69) is 46.6 Å². The Balaban J connectivity index is 2.34. The monoisotopic (exact) mass is 225 g/mol. The topological polar surface area (TPSA) is 30.7 Å². The highest BCUT2D eigenvalue weighted by Gasteiger charge is 2.08. The van der Waals surface area contributed by atoms with Crippen LogP contribution in [0, 0.1) is 5.92 Å². The van der Waals surface area contributed by atoms with Crippen LogP contribution in [0.2, 0.25) is 0 Å². The lowest BCUT2D eigenvalue weighted by molar-refractivity contribution is 0.533. The van der Waals surface area contributed by atoms with Gasteiger partial charge in [-0.15, -0.1) is 0 Å². The molecule has 0 aliphatic heterocycles. The molecule has 0 amide bonds. The van der Waals surface area contributed by atoms with Crippen molar-refractivity contribution in [3.8, 4) is 0 Å². The first kappa shape index (κ1) is 10.3. The van der Waals surface area contributed by atoms with Gasteiger partial charge in [-0.25, -0.2) is 4.98 Å². The first-order valence-electron chi connectivity index (χ1n) is 5.94. The molecule has 0 atom stereocenters. The first-order chi connectivity index (χ1) is 8.25. The summed E-state index contributed by atoms with van der Waals surface area (Å²) in [5, 5.41) is 1.17. The summed E-state index contributed by atoms with van der Waals surface area (Å²) in [6.45, 7) is 5.40. The fraction of sp³-hybridized carbons (Fsp3) is 0.286. The Labute approximate surface area is 100 Å². The van der Waals surface area contributed by atoms with Crippen molar-refractivity contribution in [1.29, 1.82) is 0 Å². The van der Waals surface area contributed by atoms with E-state index in [-0.39, 0.29) is 0 Å². The van der Waals surface area contributed by atoms with E-state index < -0.39 is 0 Å². The number of benzene rings is 1. The Bertz CT molecular complexity index is 667. The first-order valence-corrected chi connectivity index (χ1v) is 5.94. The van der Waals surface area contributed by atoms with Gasteiger partial charge in [-0.05, 0) is 18.1 Å². The molecule has 86 valence electrons. The van der Waals surface area contributed by atoms with Gasteiger partial charge in [0.2, 0.25) is 0 Å². The summed E-state index contributed by atoms with van der Waals surface area (Å²) in [4.78, 5) is 8.93. The largest absolute Gasteiger partial charge is 0.329 e. The summed E-state index contributed by atoms with van der Waals surface area (Å²) in [6.07, 6.45) is 3.76. The molecule has 0 radical (unpaired) electrons. The molecule has 0 N–H and O–H groups in total. The molecule has 1 aromatic carbocycles. The van der Waals surface area contributed by atoms with E-state index in [1.807, 2.05) is 18.6 Å². The van der Waals surface area contributed by atoms with Gasteiger partial charge in [-0.3, -0.25) is 4.98 Å². The molecule has 3 heteroatoms. The van der Waals surface area contributed by atoms with Gasteiger partial charge >= 0.3 is 0 Å². The highest BCUT2D eigenvalue weighted by atomic mass is 15.0. The Morgan fingerprint density at radius 1 is 1.18 bits per heavy atom. The molecule has 0 aliphatic carbocycles. The van der Waals surface area contributed by atoms with E-state index >= 15 is 0 Å². The Kier molecular flexibility index (Phi) is 2.32. The maximum absolute atomic E-state index is 4.49. The number of imidazole rings is 1. The van der Waals surface area contributed by atoms with Crippen molar-refractivity contribution in [2.45, 2.75) is 20.4 Å². The zero-order chi connectivity index (χ0) is 11.8. The maximum atomic E-state index is 4.49. The van der Waals surface area contributed by atoms with E-state index in [1.54, 1.807) is 0 Å². The molecule has 0 fully saturated rings. The third-order valence-electron chi connectivity index (χ3n) is 2.91. The van der Waals surface area contributed by atoms with Crippen LogP contribution in [-0.2, 0) is 6.54 Å². The normalized spacial score (nSPS) is 11.7. The summed E-state index contributed by atoms with van der Waals surface area (Å²) in [5.74, 6) is 0.603. The van der Waals surface area contributed by atoms with Crippen LogP contribution in [0.25, 0.3) is 21.9 Å². The molecule has 0 spiro atoms. The Morgan fingerprint density at radius 3 is 2.88 bits per heavy atom. The Hall–Kier alpha value is -1.90. The third kappa shape index (κ3) is 1.68. The van der Waals surface area contributed by atoms with Crippen LogP contribution in [0.15, 0.2) is 36.8 Å². The molecule has 0 unspecified atom stereocenters. The number of aromatic nitrogens is 3. The zero-order valence-corrected chi connectivity index (χ0v) is 10.1. The lowest BCUT2D eigenvalue weighted by atomic mass is 10.2. The quantitative estimate of drug-likeness (QED) is 0.670. The van der Waals surface area contributed by atoms with Gasteiger partial charge in [0.25, 0.3) is 0 Å². The van der Waals surface area contributed by atoms with Crippen LogP contribution < -0.4 is 0 Å². The van der Waals surface area contributed by atoms with Crippen molar-refractivity contribution in [3.63, 3.8) is 0 Å². The number of rotatable bonds is 2. The maximum Gasteiger partial charge on any atom is 0.0961 e. The van der Waals surface area contributed by atoms with Crippen LogP contribution >= 0.6 is 0 Å². The van der Waals surface area contributed by atoms with E-state index in [4.69, 9.17) is 0 Å². The van der Waals surface area contributed by atoms with Gasteiger partial charge in [0, 0.05) is 18.1 Å². The highest BCUT2D eigenvalue weighted by Crippen LogP contribution is 2.23. The third-order valence-corrected chi connectivity index (χ3v) is 2.91. The molecular formula is C14H15N3. The van der Waals surface area contributed by atoms with Crippen molar-refractivity contribution < 1.29 is 0 Å². The average molecular weight is 225 g/mol. The van der Waals surface area contributed by atoms with E-state index in [1.165, 1.54) is 5.39 Å². The van der Waals surface area contributed by atoms with E-state index in [9.17, 15) is 0 Å². The minimum absolute atomic E-state index is 0.603. The van der Waals surface area contributed by atoms with E-state index in [0.717, 1.165) is 23.1 Å². The average Bonchev–Trinajstić information content (AvgIpc) is 2.72. The van der Waals surface area contributed by atoms with Crippen molar-refractivity contribution in [2.75, 3.05) is 0 Å². The molecule has 0 aliphatic rings. The van der Waals surface area contributed by atoms with Crippen LogP contribution in [0.4, 0.5) is 0 Å². The SMILES string of the molecule is CC(C)Cn1cnc2ccc3cccnc3c21. The number of nitrogens with zero attached hydrogens (tertiary/aromatic N) is 3. The molecule has 3 rings (SSSR count). The molecule has 0 saturated heterocycles. The molecule has 0 bridgehead atoms. The molecule has 3 aromatic rings. The van der Waals surface area contributed by atoms with Crippen LogP contribution in [0.5, 0.6) is 0 Å². The van der Waals surface area contributed by atoms with Gasteiger partial charge in [0.1, 0.15) is 0 Å². The number of hydrogen-bond donors (Lipinski definition) is 0. The fourth-order valence-corrected chi connectivity index (χ4v) is 2.23. The van der Waals surface area contributed by atoms with Gasteiger partial charge in [0.05, 0.1) is 22.9 Å². The predicted octanol–water partition coefficient (Wildman–Crippen LogP) is 3.24. The molecule has 3 nitrogen and oxygen atoms in total.